The van der Waals surface area contributed by atoms with Gasteiger partial charge >= 0.3 is 5.97 Å². The Bertz CT molecular complexity index is 230. The molecule has 1 aliphatic carbocycles. The van der Waals surface area contributed by atoms with Crippen molar-refractivity contribution in [3.05, 3.63) is 0 Å². The maximum atomic E-state index is 10.4. The van der Waals surface area contributed by atoms with Crippen LogP contribution in [0.4, 0.5) is 0 Å². The van der Waals surface area contributed by atoms with Crippen molar-refractivity contribution in [3.63, 3.8) is 0 Å². The number of hydrogen-bond donors (Lipinski definition) is 1. The lowest BCUT2D eigenvalue weighted by molar-refractivity contribution is -0.137. The first kappa shape index (κ1) is 17.5. The van der Waals surface area contributed by atoms with Gasteiger partial charge in [0.05, 0.1) is 0 Å². The van der Waals surface area contributed by atoms with E-state index in [0.717, 1.165) is 18.8 Å². The average molecular weight is 282 g/mol. The number of carbonyl (C=O) groups is 1. The highest BCUT2D eigenvalue weighted by Crippen LogP contribution is 2.27. The molecule has 1 saturated carbocycles. The summed E-state index contributed by atoms with van der Waals surface area (Å²) in [5, 5.41) is 8.54. The number of unbranched alkanes of at least 4 members (excludes halogenated alkanes) is 7. The molecule has 20 heavy (non-hydrogen) atoms. The lowest BCUT2D eigenvalue weighted by atomic mass is 9.93. The van der Waals surface area contributed by atoms with Crippen molar-refractivity contribution in [2.75, 3.05) is 0 Å². The van der Waals surface area contributed by atoms with Gasteiger partial charge in [0, 0.05) is 6.42 Å². The molecular weight excluding hydrogens is 248 g/mol. The summed E-state index contributed by atoms with van der Waals surface area (Å²) in [6, 6.07) is 0. The Hall–Kier alpha value is -0.530. The van der Waals surface area contributed by atoms with E-state index in [0.29, 0.717) is 6.42 Å². The fourth-order valence-electron chi connectivity index (χ4n) is 3.42. The second-order valence-electron chi connectivity index (χ2n) is 6.62. The van der Waals surface area contributed by atoms with E-state index in [1.807, 2.05) is 0 Å². The molecule has 1 aliphatic rings. The molecule has 0 atom stereocenters. The van der Waals surface area contributed by atoms with E-state index in [2.05, 4.69) is 0 Å². The van der Waals surface area contributed by atoms with Crippen LogP contribution in [0.25, 0.3) is 0 Å². The first-order chi connectivity index (χ1) is 9.79. The van der Waals surface area contributed by atoms with E-state index in [4.69, 9.17) is 5.11 Å². The van der Waals surface area contributed by atoms with Gasteiger partial charge < -0.3 is 5.11 Å². The molecule has 0 aromatic carbocycles. The normalized spacial score (nSPS) is 17.0. The summed E-state index contributed by atoms with van der Waals surface area (Å²) in [6.45, 7) is 0. The maximum absolute atomic E-state index is 10.4. The number of hydrogen-bond acceptors (Lipinski definition) is 1. The molecule has 1 fully saturated rings. The van der Waals surface area contributed by atoms with Gasteiger partial charge in [0.1, 0.15) is 0 Å². The Labute approximate surface area is 125 Å². The average Bonchev–Trinajstić information content (AvgIpc) is 2.69. The van der Waals surface area contributed by atoms with Gasteiger partial charge in [-0.05, 0) is 12.3 Å². The third-order valence-corrected chi connectivity index (χ3v) is 4.73. The topological polar surface area (TPSA) is 37.3 Å². The third kappa shape index (κ3) is 10.3. The molecule has 1 N–H and O–H groups in total. The molecule has 0 saturated heterocycles. The molecule has 0 radical (unpaired) electrons. The van der Waals surface area contributed by atoms with Crippen molar-refractivity contribution in [2.24, 2.45) is 5.92 Å². The summed E-state index contributed by atoms with van der Waals surface area (Å²) in [6.07, 6.45) is 20.7. The Kier molecular flexibility index (Phi) is 10.7. The van der Waals surface area contributed by atoms with Crippen molar-refractivity contribution < 1.29 is 9.90 Å². The molecule has 0 amide bonds. The summed E-state index contributed by atoms with van der Waals surface area (Å²) in [5.74, 6) is 0.386. The summed E-state index contributed by atoms with van der Waals surface area (Å²) >= 11 is 0. The summed E-state index contributed by atoms with van der Waals surface area (Å²) < 4.78 is 0. The zero-order chi connectivity index (χ0) is 14.5. The number of rotatable bonds is 11. The van der Waals surface area contributed by atoms with Gasteiger partial charge in [-0.25, -0.2) is 0 Å². The standard InChI is InChI=1S/C18H34O2/c19-18(20)16-12-6-4-2-1-3-5-9-13-17-14-10-7-8-11-15-17/h17H,1-16H2,(H,19,20). The minimum Gasteiger partial charge on any atom is -0.481 e. The molecule has 0 heterocycles. The lowest BCUT2D eigenvalue weighted by Crippen LogP contribution is -1.98. The Balaban J connectivity index is 1.79. The van der Waals surface area contributed by atoms with Gasteiger partial charge in [-0.1, -0.05) is 89.9 Å². The van der Waals surface area contributed by atoms with Crippen molar-refractivity contribution in [3.8, 4) is 0 Å². The number of aliphatic carboxylic acids is 1. The van der Waals surface area contributed by atoms with Crippen LogP contribution in [0.2, 0.25) is 0 Å². The fourth-order valence-corrected chi connectivity index (χ4v) is 3.42. The van der Waals surface area contributed by atoms with Gasteiger partial charge in [-0.3, -0.25) is 4.79 Å². The van der Waals surface area contributed by atoms with Crippen LogP contribution >= 0.6 is 0 Å². The molecule has 0 aromatic rings. The smallest absolute Gasteiger partial charge is 0.303 e. The molecular formula is C18H34O2. The first-order valence-electron chi connectivity index (χ1n) is 9.01. The summed E-state index contributed by atoms with van der Waals surface area (Å²) in [5.41, 5.74) is 0. The van der Waals surface area contributed by atoms with Crippen LogP contribution < -0.4 is 0 Å². The largest absolute Gasteiger partial charge is 0.481 e. The van der Waals surface area contributed by atoms with E-state index in [-0.39, 0.29) is 0 Å². The quantitative estimate of drug-likeness (QED) is 0.376. The van der Waals surface area contributed by atoms with Crippen LogP contribution in [0, 0.1) is 5.92 Å². The molecule has 0 bridgehead atoms. The van der Waals surface area contributed by atoms with Gasteiger partial charge in [0.2, 0.25) is 0 Å². The highest BCUT2D eigenvalue weighted by molar-refractivity contribution is 5.66. The van der Waals surface area contributed by atoms with E-state index in [1.54, 1.807) is 0 Å². The molecule has 0 aliphatic heterocycles. The predicted octanol–water partition coefficient (Wildman–Crippen LogP) is 5.94. The number of carboxylic acids is 1. The van der Waals surface area contributed by atoms with Gasteiger partial charge in [0.25, 0.3) is 0 Å². The Morgan fingerprint density at radius 3 is 1.80 bits per heavy atom. The third-order valence-electron chi connectivity index (χ3n) is 4.73. The fraction of sp³-hybridized carbons (Fsp3) is 0.944. The first-order valence-corrected chi connectivity index (χ1v) is 9.01. The van der Waals surface area contributed by atoms with E-state index >= 15 is 0 Å². The summed E-state index contributed by atoms with van der Waals surface area (Å²) in [7, 11) is 0. The second kappa shape index (κ2) is 12.2. The molecule has 0 spiro atoms. The second-order valence-corrected chi connectivity index (χ2v) is 6.62. The van der Waals surface area contributed by atoms with Crippen molar-refractivity contribution in [1.29, 1.82) is 0 Å². The zero-order valence-electron chi connectivity index (χ0n) is 13.2. The van der Waals surface area contributed by atoms with Crippen molar-refractivity contribution >= 4 is 5.97 Å². The van der Waals surface area contributed by atoms with Crippen molar-refractivity contribution in [1.82, 2.24) is 0 Å². The van der Waals surface area contributed by atoms with Crippen LogP contribution in [0.5, 0.6) is 0 Å². The minimum absolute atomic E-state index is 0.349. The minimum atomic E-state index is -0.650. The van der Waals surface area contributed by atoms with Crippen LogP contribution in [-0.4, -0.2) is 11.1 Å². The van der Waals surface area contributed by atoms with Crippen LogP contribution in [-0.2, 0) is 4.79 Å². The van der Waals surface area contributed by atoms with Crippen molar-refractivity contribution in [2.45, 2.75) is 103 Å². The summed E-state index contributed by atoms with van der Waals surface area (Å²) in [4.78, 5) is 10.4. The molecule has 0 unspecified atom stereocenters. The van der Waals surface area contributed by atoms with Gasteiger partial charge in [-0.15, -0.1) is 0 Å². The number of carboxylic acid groups (broad SMARTS) is 1. The van der Waals surface area contributed by atoms with Gasteiger partial charge in [-0.2, -0.15) is 0 Å². The zero-order valence-corrected chi connectivity index (χ0v) is 13.2. The van der Waals surface area contributed by atoms with Gasteiger partial charge in [0.15, 0.2) is 0 Å². The Morgan fingerprint density at radius 1 is 0.750 bits per heavy atom. The highest BCUT2D eigenvalue weighted by atomic mass is 16.4. The van der Waals surface area contributed by atoms with Crippen LogP contribution in [0.3, 0.4) is 0 Å². The van der Waals surface area contributed by atoms with E-state index in [1.165, 1.54) is 83.5 Å². The molecule has 118 valence electrons. The predicted molar refractivity (Wildman–Crippen MR) is 85.0 cm³/mol. The molecule has 0 aromatic heterocycles. The molecule has 2 heteroatoms. The SMILES string of the molecule is O=C(O)CCCCCCCCCCC1CCCCCC1. The van der Waals surface area contributed by atoms with E-state index in [9.17, 15) is 4.79 Å². The lowest BCUT2D eigenvalue weighted by Gasteiger charge is -2.13. The molecule has 2 nitrogen and oxygen atoms in total. The molecule has 1 rings (SSSR count). The van der Waals surface area contributed by atoms with Crippen LogP contribution in [0.1, 0.15) is 103 Å². The monoisotopic (exact) mass is 282 g/mol. The van der Waals surface area contributed by atoms with Crippen LogP contribution in [0.15, 0.2) is 0 Å². The Morgan fingerprint density at radius 2 is 1.25 bits per heavy atom. The highest BCUT2D eigenvalue weighted by Gasteiger charge is 2.11. The maximum Gasteiger partial charge on any atom is 0.303 e. The van der Waals surface area contributed by atoms with E-state index < -0.39 is 5.97 Å².